The maximum atomic E-state index is 12.4. The van der Waals surface area contributed by atoms with Gasteiger partial charge < -0.3 is 15.4 Å². The summed E-state index contributed by atoms with van der Waals surface area (Å²) in [4.78, 5) is 24.7. The molecule has 0 aliphatic carbocycles. The van der Waals surface area contributed by atoms with Gasteiger partial charge in [0.1, 0.15) is 5.75 Å². The second-order valence-electron chi connectivity index (χ2n) is 5.70. The molecule has 0 heterocycles. The Hall–Kier alpha value is -3.12. The van der Waals surface area contributed by atoms with E-state index < -0.39 is 0 Å². The molecule has 0 aliphatic rings. The number of carbonyl (C=O) groups is 2. The van der Waals surface area contributed by atoms with Crippen molar-refractivity contribution >= 4 is 39.1 Å². The fourth-order valence-electron chi connectivity index (χ4n) is 2.48. The first-order chi connectivity index (χ1) is 13.1. The Morgan fingerprint density at radius 2 is 1.52 bits per heavy atom. The van der Waals surface area contributed by atoms with Gasteiger partial charge in [-0.1, -0.05) is 34.1 Å². The molecular formula is C21H17BrN2O3. The number of hydrogen-bond donors (Lipinski definition) is 2. The molecule has 0 fully saturated rings. The van der Waals surface area contributed by atoms with Gasteiger partial charge in [0.2, 0.25) is 0 Å². The predicted molar refractivity (Wildman–Crippen MR) is 109 cm³/mol. The third kappa shape index (κ3) is 4.74. The number of amides is 2. The van der Waals surface area contributed by atoms with E-state index >= 15 is 0 Å². The Balaban J connectivity index is 1.68. The first-order valence-corrected chi connectivity index (χ1v) is 8.97. The number of hydrogen-bond acceptors (Lipinski definition) is 3. The summed E-state index contributed by atoms with van der Waals surface area (Å²) in [5.41, 5.74) is 2.22. The van der Waals surface area contributed by atoms with Crippen LogP contribution in [0.3, 0.4) is 0 Å². The molecule has 0 bridgehead atoms. The standard InChI is InChI=1S/C21H17BrN2O3/c1-27-19-8-3-2-7-18(19)24-20(25)14-9-11-17(12-10-14)23-21(26)15-5-4-6-16(22)13-15/h2-13H,1H3,(H,23,26)(H,24,25). The van der Waals surface area contributed by atoms with Gasteiger partial charge in [-0.2, -0.15) is 0 Å². The molecule has 0 radical (unpaired) electrons. The van der Waals surface area contributed by atoms with E-state index in [0.717, 1.165) is 4.47 Å². The summed E-state index contributed by atoms with van der Waals surface area (Å²) >= 11 is 3.35. The second kappa shape index (κ2) is 8.51. The summed E-state index contributed by atoms with van der Waals surface area (Å²) in [6, 6.07) is 21.0. The van der Waals surface area contributed by atoms with Gasteiger partial charge in [0, 0.05) is 21.3 Å². The van der Waals surface area contributed by atoms with E-state index in [2.05, 4.69) is 26.6 Å². The number of nitrogens with one attached hydrogen (secondary N) is 2. The van der Waals surface area contributed by atoms with Gasteiger partial charge in [0.25, 0.3) is 11.8 Å². The molecule has 0 unspecified atom stereocenters. The fraction of sp³-hybridized carbons (Fsp3) is 0.0476. The minimum Gasteiger partial charge on any atom is -0.495 e. The normalized spacial score (nSPS) is 10.1. The Morgan fingerprint density at radius 3 is 2.22 bits per heavy atom. The van der Waals surface area contributed by atoms with Gasteiger partial charge in [0.15, 0.2) is 0 Å². The molecule has 27 heavy (non-hydrogen) atoms. The number of ether oxygens (including phenoxy) is 1. The van der Waals surface area contributed by atoms with Crippen LogP contribution in [0.5, 0.6) is 5.75 Å². The first-order valence-electron chi connectivity index (χ1n) is 8.18. The number of anilines is 2. The molecule has 0 aliphatic heterocycles. The molecule has 2 amide bonds. The maximum Gasteiger partial charge on any atom is 0.255 e. The highest BCUT2D eigenvalue weighted by molar-refractivity contribution is 9.10. The molecule has 3 rings (SSSR count). The molecule has 3 aromatic carbocycles. The molecule has 3 aromatic rings. The van der Waals surface area contributed by atoms with Crippen LogP contribution in [-0.2, 0) is 0 Å². The third-order valence-electron chi connectivity index (χ3n) is 3.85. The third-order valence-corrected chi connectivity index (χ3v) is 4.34. The average molecular weight is 425 g/mol. The smallest absolute Gasteiger partial charge is 0.255 e. The van der Waals surface area contributed by atoms with Crippen molar-refractivity contribution in [3.05, 3.63) is 88.4 Å². The van der Waals surface area contributed by atoms with E-state index in [0.29, 0.717) is 28.3 Å². The lowest BCUT2D eigenvalue weighted by Gasteiger charge is -2.10. The zero-order valence-corrected chi connectivity index (χ0v) is 16.1. The number of para-hydroxylation sites is 2. The van der Waals surface area contributed by atoms with Crippen molar-refractivity contribution in [1.29, 1.82) is 0 Å². The lowest BCUT2D eigenvalue weighted by Crippen LogP contribution is -2.14. The summed E-state index contributed by atoms with van der Waals surface area (Å²) < 4.78 is 6.06. The zero-order valence-electron chi connectivity index (χ0n) is 14.5. The van der Waals surface area contributed by atoms with E-state index in [1.54, 1.807) is 61.7 Å². The summed E-state index contributed by atoms with van der Waals surface area (Å²) in [7, 11) is 1.55. The van der Waals surface area contributed by atoms with Crippen LogP contribution in [0.1, 0.15) is 20.7 Å². The van der Waals surface area contributed by atoms with E-state index in [9.17, 15) is 9.59 Å². The minimum atomic E-state index is -0.260. The van der Waals surface area contributed by atoms with Crippen LogP contribution in [0.15, 0.2) is 77.3 Å². The SMILES string of the molecule is COc1ccccc1NC(=O)c1ccc(NC(=O)c2cccc(Br)c2)cc1. The van der Waals surface area contributed by atoms with Crippen molar-refractivity contribution in [3.63, 3.8) is 0 Å². The van der Waals surface area contributed by atoms with Gasteiger partial charge in [0.05, 0.1) is 12.8 Å². The largest absolute Gasteiger partial charge is 0.495 e. The molecule has 0 aromatic heterocycles. The Labute approximate surface area is 165 Å². The van der Waals surface area contributed by atoms with Crippen LogP contribution < -0.4 is 15.4 Å². The van der Waals surface area contributed by atoms with Crippen LogP contribution in [0.4, 0.5) is 11.4 Å². The first kappa shape index (κ1) is 18.7. The van der Waals surface area contributed by atoms with Crippen LogP contribution in [0, 0.1) is 0 Å². The van der Waals surface area contributed by atoms with E-state index in [4.69, 9.17) is 4.74 Å². The van der Waals surface area contributed by atoms with Gasteiger partial charge in [-0.25, -0.2) is 0 Å². The van der Waals surface area contributed by atoms with E-state index in [1.807, 2.05) is 18.2 Å². The van der Waals surface area contributed by atoms with Crippen LogP contribution >= 0.6 is 15.9 Å². The maximum absolute atomic E-state index is 12.4. The van der Waals surface area contributed by atoms with Crippen molar-refractivity contribution in [2.45, 2.75) is 0 Å². The number of benzene rings is 3. The van der Waals surface area contributed by atoms with Gasteiger partial charge in [-0.05, 0) is 54.6 Å². The molecule has 6 heteroatoms. The lowest BCUT2D eigenvalue weighted by atomic mass is 10.1. The fourth-order valence-corrected chi connectivity index (χ4v) is 2.88. The molecule has 136 valence electrons. The monoisotopic (exact) mass is 424 g/mol. The highest BCUT2D eigenvalue weighted by Crippen LogP contribution is 2.24. The molecule has 2 N–H and O–H groups in total. The van der Waals surface area contributed by atoms with Crippen molar-refractivity contribution in [2.24, 2.45) is 0 Å². The number of carbonyl (C=O) groups excluding carboxylic acids is 2. The van der Waals surface area contributed by atoms with Crippen molar-refractivity contribution in [2.75, 3.05) is 17.7 Å². The number of methoxy groups -OCH3 is 1. The van der Waals surface area contributed by atoms with Gasteiger partial charge in [-0.3, -0.25) is 9.59 Å². The van der Waals surface area contributed by atoms with Crippen molar-refractivity contribution in [3.8, 4) is 5.75 Å². The summed E-state index contributed by atoms with van der Waals surface area (Å²) in [5, 5.41) is 5.62. The molecule has 0 spiro atoms. The highest BCUT2D eigenvalue weighted by Gasteiger charge is 2.10. The highest BCUT2D eigenvalue weighted by atomic mass is 79.9. The Bertz CT molecular complexity index is 971. The van der Waals surface area contributed by atoms with Crippen molar-refractivity contribution in [1.82, 2.24) is 0 Å². The number of halogens is 1. The second-order valence-corrected chi connectivity index (χ2v) is 6.61. The Kier molecular flexibility index (Phi) is 5.88. The van der Waals surface area contributed by atoms with Crippen LogP contribution in [-0.4, -0.2) is 18.9 Å². The number of rotatable bonds is 5. The topological polar surface area (TPSA) is 67.4 Å². The van der Waals surface area contributed by atoms with Gasteiger partial charge in [-0.15, -0.1) is 0 Å². The lowest BCUT2D eigenvalue weighted by molar-refractivity contribution is 0.101. The summed E-state index contributed by atoms with van der Waals surface area (Å²) in [6.07, 6.45) is 0. The summed E-state index contributed by atoms with van der Waals surface area (Å²) in [6.45, 7) is 0. The molecule has 0 saturated carbocycles. The quantitative estimate of drug-likeness (QED) is 0.607. The minimum absolute atomic E-state index is 0.220. The molecule has 0 saturated heterocycles. The molecule has 5 nitrogen and oxygen atoms in total. The van der Waals surface area contributed by atoms with Gasteiger partial charge >= 0.3 is 0 Å². The van der Waals surface area contributed by atoms with Crippen LogP contribution in [0.2, 0.25) is 0 Å². The van der Waals surface area contributed by atoms with E-state index in [1.165, 1.54) is 0 Å². The molecular weight excluding hydrogens is 408 g/mol. The van der Waals surface area contributed by atoms with Crippen LogP contribution in [0.25, 0.3) is 0 Å². The summed E-state index contributed by atoms with van der Waals surface area (Å²) in [5.74, 6) is 0.107. The van der Waals surface area contributed by atoms with Crippen molar-refractivity contribution < 1.29 is 14.3 Å². The molecule has 0 atom stereocenters. The zero-order chi connectivity index (χ0) is 19.2. The average Bonchev–Trinajstić information content (AvgIpc) is 2.69. The Morgan fingerprint density at radius 1 is 0.815 bits per heavy atom. The van der Waals surface area contributed by atoms with E-state index in [-0.39, 0.29) is 11.8 Å². The predicted octanol–water partition coefficient (Wildman–Crippen LogP) is 4.96.